The van der Waals surface area contributed by atoms with Crippen LogP contribution in [0.15, 0.2) is 41.3 Å². The number of nitrogens with one attached hydrogen (secondary N) is 1. The topological polar surface area (TPSA) is 79.3 Å². The maximum Gasteiger partial charge on any atom is 0.297 e. The van der Waals surface area contributed by atoms with Gasteiger partial charge in [0.2, 0.25) is 5.95 Å². The molecule has 1 aliphatic rings. The number of nitrogens with zero attached hydrogens (tertiary/aromatic N) is 5. The summed E-state index contributed by atoms with van der Waals surface area (Å²) in [6, 6.07) is 9.85. The van der Waals surface area contributed by atoms with E-state index in [0.717, 1.165) is 37.7 Å². The number of piperazine rings is 1. The normalized spacial score (nSPS) is 15.9. The molecule has 4 rings (SSSR count). The van der Waals surface area contributed by atoms with E-state index in [0.29, 0.717) is 17.6 Å². The predicted octanol–water partition coefficient (Wildman–Crippen LogP) is 2.21. The first kappa shape index (κ1) is 19.6. The summed E-state index contributed by atoms with van der Waals surface area (Å²) >= 11 is 0. The molecule has 1 N–H and O–H groups in total. The molecule has 154 valence electrons. The van der Waals surface area contributed by atoms with E-state index < -0.39 is 0 Å². The third-order valence-electron chi connectivity index (χ3n) is 5.34. The lowest BCUT2D eigenvalue weighted by atomic mass is 10.1. The maximum atomic E-state index is 12.8. The van der Waals surface area contributed by atoms with Gasteiger partial charge in [-0.05, 0) is 26.3 Å². The Bertz CT molecular complexity index is 1010. The Labute approximate surface area is 170 Å². The van der Waals surface area contributed by atoms with E-state index in [-0.39, 0.29) is 17.8 Å². The van der Waals surface area contributed by atoms with Gasteiger partial charge < -0.3 is 14.6 Å². The highest BCUT2D eigenvalue weighted by Gasteiger charge is 2.27. The van der Waals surface area contributed by atoms with Gasteiger partial charge in [-0.3, -0.25) is 9.69 Å². The number of aromatic amines is 1. The zero-order chi connectivity index (χ0) is 20.4. The van der Waals surface area contributed by atoms with E-state index >= 15 is 0 Å². The van der Waals surface area contributed by atoms with Crippen LogP contribution in [0.25, 0.3) is 11.0 Å². The van der Waals surface area contributed by atoms with Crippen molar-refractivity contribution in [1.29, 1.82) is 0 Å². The Balaban J connectivity index is 1.44. The molecule has 0 radical (unpaired) electrons. The lowest BCUT2D eigenvalue weighted by Gasteiger charge is -2.42. The zero-order valence-corrected chi connectivity index (χ0v) is 17.3. The van der Waals surface area contributed by atoms with E-state index in [1.807, 2.05) is 30.3 Å². The van der Waals surface area contributed by atoms with Crippen LogP contribution >= 0.6 is 0 Å². The lowest BCUT2D eigenvalue weighted by molar-refractivity contribution is 0.0532. The number of fused-ring (bicyclic) bond motifs is 1. The van der Waals surface area contributed by atoms with Crippen molar-refractivity contribution in [2.75, 3.05) is 31.1 Å². The Hall–Kier alpha value is -2.71. The molecule has 3 aromatic rings. The molecule has 29 heavy (non-hydrogen) atoms. The van der Waals surface area contributed by atoms with Gasteiger partial charge in [-0.25, -0.2) is 9.67 Å². The first-order chi connectivity index (χ1) is 13.9. The molecule has 1 saturated heterocycles. The van der Waals surface area contributed by atoms with Crippen LogP contribution in [-0.2, 0) is 18.1 Å². The number of rotatable bonds is 5. The van der Waals surface area contributed by atoms with Gasteiger partial charge in [0, 0.05) is 31.7 Å². The third kappa shape index (κ3) is 4.33. The molecule has 0 amide bonds. The summed E-state index contributed by atoms with van der Waals surface area (Å²) in [4.78, 5) is 25.2. The molecule has 0 bridgehead atoms. The van der Waals surface area contributed by atoms with E-state index in [2.05, 4.69) is 45.6 Å². The molecule has 2 aromatic heterocycles. The number of aromatic nitrogens is 4. The Kier molecular flexibility index (Phi) is 5.38. The molecule has 8 heteroatoms. The predicted molar refractivity (Wildman–Crippen MR) is 113 cm³/mol. The van der Waals surface area contributed by atoms with Crippen molar-refractivity contribution in [3.05, 3.63) is 52.4 Å². The summed E-state index contributed by atoms with van der Waals surface area (Å²) in [5.41, 5.74) is 2.03. The highest BCUT2D eigenvalue weighted by molar-refractivity contribution is 5.75. The number of anilines is 1. The Morgan fingerprint density at radius 3 is 2.52 bits per heavy atom. The van der Waals surface area contributed by atoms with Crippen molar-refractivity contribution in [2.45, 2.75) is 39.6 Å². The van der Waals surface area contributed by atoms with Crippen LogP contribution in [0.3, 0.4) is 0 Å². The Morgan fingerprint density at radius 1 is 1.10 bits per heavy atom. The molecule has 0 aliphatic carbocycles. The van der Waals surface area contributed by atoms with Gasteiger partial charge >= 0.3 is 0 Å². The number of hydrogen-bond donors (Lipinski definition) is 1. The smallest absolute Gasteiger partial charge is 0.297 e. The molecule has 1 aliphatic heterocycles. The van der Waals surface area contributed by atoms with Gasteiger partial charge in [0.05, 0.1) is 18.3 Å². The summed E-state index contributed by atoms with van der Waals surface area (Å²) < 4.78 is 6.96. The van der Waals surface area contributed by atoms with E-state index in [1.165, 1.54) is 4.68 Å². The van der Waals surface area contributed by atoms with Gasteiger partial charge in [-0.1, -0.05) is 30.3 Å². The fourth-order valence-corrected chi connectivity index (χ4v) is 3.59. The van der Waals surface area contributed by atoms with Crippen molar-refractivity contribution in [1.82, 2.24) is 24.6 Å². The zero-order valence-electron chi connectivity index (χ0n) is 17.3. The minimum atomic E-state index is -0.244. The van der Waals surface area contributed by atoms with Crippen molar-refractivity contribution >= 4 is 17.0 Å². The lowest BCUT2D eigenvalue weighted by Crippen LogP contribution is -2.53. The van der Waals surface area contributed by atoms with Crippen LogP contribution in [0.5, 0.6) is 0 Å². The van der Waals surface area contributed by atoms with Gasteiger partial charge in [-0.2, -0.15) is 5.10 Å². The minimum Gasteiger partial charge on any atom is -0.354 e. The van der Waals surface area contributed by atoms with Gasteiger partial charge in [0.1, 0.15) is 6.73 Å². The van der Waals surface area contributed by atoms with Crippen LogP contribution in [-0.4, -0.2) is 56.4 Å². The second-order valence-electron chi connectivity index (χ2n) is 8.38. The van der Waals surface area contributed by atoms with E-state index in [4.69, 9.17) is 4.74 Å². The molecule has 8 nitrogen and oxygen atoms in total. The quantitative estimate of drug-likeness (QED) is 0.712. The molecule has 1 aromatic carbocycles. The standard InChI is InChI=1S/C21H28N6O2/c1-21(2,3)26-11-9-25(10-12-26)20-23-17-13-22-27(19(28)18(17)24-20)15-29-14-16-7-5-4-6-8-16/h4-8,13H,9-12,14-15H2,1-3H3,(H,23,24). The molecule has 0 unspecified atom stereocenters. The fraction of sp³-hybridized carbons (Fsp3) is 0.476. The van der Waals surface area contributed by atoms with Crippen LogP contribution < -0.4 is 10.5 Å². The van der Waals surface area contributed by atoms with Crippen molar-refractivity contribution in [3.8, 4) is 0 Å². The van der Waals surface area contributed by atoms with Crippen molar-refractivity contribution in [2.24, 2.45) is 0 Å². The Morgan fingerprint density at radius 2 is 1.83 bits per heavy atom. The molecule has 1 fully saturated rings. The minimum absolute atomic E-state index is 0.0934. The van der Waals surface area contributed by atoms with E-state index in [1.54, 1.807) is 6.20 Å². The van der Waals surface area contributed by atoms with Crippen LogP contribution in [0.2, 0.25) is 0 Å². The highest BCUT2D eigenvalue weighted by atomic mass is 16.5. The van der Waals surface area contributed by atoms with Gasteiger partial charge in [0.25, 0.3) is 5.56 Å². The maximum absolute atomic E-state index is 12.8. The molecular formula is C21H28N6O2. The van der Waals surface area contributed by atoms with Crippen LogP contribution in [0.1, 0.15) is 26.3 Å². The summed E-state index contributed by atoms with van der Waals surface area (Å²) in [5, 5.41) is 4.22. The van der Waals surface area contributed by atoms with Crippen molar-refractivity contribution < 1.29 is 4.74 Å². The number of H-pyrrole nitrogens is 1. The first-order valence-electron chi connectivity index (χ1n) is 9.99. The van der Waals surface area contributed by atoms with E-state index in [9.17, 15) is 4.79 Å². The second-order valence-corrected chi connectivity index (χ2v) is 8.38. The molecule has 0 saturated carbocycles. The van der Waals surface area contributed by atoms with Crippen LogP contribution in [0, 0.1) is 0 Å². The molecule has 0 atom stereocenters. The summed E-state index contributed by atoms with van der Waals surface area (Å²) in [6.45, 7) is 10.9. The molecule has 3 heterocycles. The average molecular weight is 396 g/mol. The largest absolute Gasteiger partial charge is 0.354 e. The number of ether oxygens (including phenoxy) is 1. The van der Waals surface area contributed by atoms with Crippen LogP contribution in [0.4, 0.5) is 5.95 Å². The summed E-state index contributed by atoms with van der Waals surface area (Å²) in [5.74, 6) is 0.732. The highest BCUT2D eigenvalue weighted by Crippen LogP contribution is 2.20. The molecular weight excluding hydrogens is 368 g/mol. The summed E-state index contributed by atoms with van der Waals surface area (Å²) in [7, 11) is 0. The number of hydrogen-bond acceptors (Lipinski definition) is 6. The SMILES string of the molecule is CC(C)(C)N1CCN(c2nc3c(=O)n(COCc4ccccc4)ncc3[nH]2)CC1. The average Bonchev–Trinajstić information content (AvgIpc) is 3.15. The van der Waals surface area contributed by atoms with Crippen molar-refractivity contribution in [3.63, 3.8) is 0 Å². The van der Waals surface area contributed by atoms with Gasteiger partial charge in [0.15, 0.2) is 5.52 Å². The monoisotopic (exact) mass is 396 g/mol. The van der Waals surface area contributed by atoms with Gasteiger partial charge in [-0.15, -0.1) is 0 Å². The fourth-order valence-electron chi connectivity index (χ4n) is 3.59. The second kappa shape index (κ2) is 7.96. The third-order valence-corrected chi connectivity index (χ3v) is 5.34. The number of imidazole rings is 1. The first-order valence-corrected chi connectivity index (χ1v) is 9.99. The molecule has 0 spiro atoms. The summed E-state index contributed by atoms with van der Waals surface area (Å²) in [6.07, 6.45) is 1.64. The number of benzene rings is 1.